The van der Waals surface area contributed by atoms with Gasteiger partial charge in [0.05, 0.1) is 5.69 Å². The number of ether oxygens (including phenoxy) is 1. The molecule has 1 fully saturated rings. The third-order valence-corrected chi connectivity index (χ3v) is 4.10. The minimum absolute atomic E-state index is 0.245. The molecule has 0 radical (unpaired) electrons. The van der Waals surface area contributed by atoms with Crippen molar-refractivity contribution >= 4 is 0 Å². The van der Waals surface area contributed by atoms with Gasteiger partial charge in [-0.3, -0.25) is 4.68 Å². The number of hydrogen-bond acceptors (Lipinski definition) is 3. The molecule has 1 aliphatic rings. The van der Waals surface area contributed by atoms with Crippen molar-refractivity contribution in [3.63, 3.8) is 0 Å². The number of nitrogens with zero attached hydrogens (tertiary/aromatic N) is 2. The molecule has 0 bridgehead atoms. The van der Waals surface area contributed by atoms with Crippen LogP contribution in [-0.2, 0) is 18.2 Å². The van der Waals surface area contributed by atoms with Crippen LogP contribution in [0.3, 0.4) is 0 Å². The first-order valence-electron chi connectivity index (χ1n) is 6.90. The molecular weight excluding hydrogens is 226 g/mol. The molecule has 1 aromatic heterocycles. The van der Waals surface area contributed by atoms with Crippen molar-refractivity contribution in [2.24, 2.45) is 18.7 Å². The van der Waals surface area contributed by atoms with Gasteiger partial charge in [0.25, 0.3) is 0 Å². The maximum absolute atomic E-state index is 6.31. The second-order valence-electron chi connectivity index (χ2n) is 5.53. The van der Waals surface area contributed by atoms with Crippen LogP contribution in [-0.4, -0.2) is 29.0 Å². The summed E-state index contributed by atoms with van der Waals surface area (Å²) in [6.45, 7) is 6.00. The van der Waals surface area contributed by atoms with Crippen LogP contribution in [0.25, 0.3) is 0 Å². The smallest absolute Gasteiger partial charge is 0.0628 e. The Kier molecular flexibility index (Phi) is 4.40. The molecular formula is C14H25N3O. The quantitative estimate of drug-likeness (QED) is 0.886. The van der Waals surface area contributed by atoms with Crippen molar-refractivity contribution in [3.8, 4) is 0 Å². The zero-order valence-corrected chi connectivity index (χ0v) is 11.8. The van der Waals surface area contributed by atoms with Gasteiger partial charge >= 0.3 is 0 Å². The number of hydrogen-bond donors (Lipinski definition) is 1. The lowest BCUT2D eigenvalue weighted by Crippen LogP contribution is -2.29. The average molecular weight is 251 g/mol. The summed E-state index contributed by atoms with van der Waals surface area (Å²) >= 11 is 0. The van der Waals surface area contributed by atoms with Gasteiger partial charge in [-0.2, -0.15) is 5.10 Å². The van der Waals surface area contributed by atoms with Crippen molar-refractivity contribution in [1.82, 2.24) is 9.78 Å². The zero-order valence-electron chi connectivity index (χ0n) is 11.8. The third kappa shape index (κ3) is 3.12. The predicted molar refractivity (Wildman–Crippen MR) is 72.5 cm³/mol. The fourth-order valence-corrected chi connectivity index (χ4v) is 2.87. The van der Waals surface area contributed by atoms with Gasteiger partial charge < -0.3 is 10.5 Å². The molecule has 1 unspecified atom stereocenters. The fraction of sp³-hybridized carbons (Fsp3) is 0.786. The molecule has 0 spiro atoms. The van der Waals surface area contributed by atoms with Crippen LogP contribution in [0, 0.1) is 19.8 Å². The Morgan fingerprint density at radius 1 is 1.39 bits per heavy atom. The molecule has 0 amide bonds. The van der Waals surface area contributed by atoms with Gasteiger partial charge in [0.1, 0.15) is 0 Å². The van der Waals surface area contributed by atoms with E-state index in [1.807, 2.05) is 11.7 Å². The van der Waals surface area contributed by atoms with E-state index >= 15 is 0 Å². The lowest BCUT2D eigenvalue weighted by Gasteiger charge is -2.24. The first kappa shape index (κ1) is 13.6. The van der Waals surface area contributed by atoms with Crippen LogP contribution >= 0.6 is 0 Å². The number of aryl methyl sites for hydroxylation is 2. The fourth-order valence-electron chi connectivity index (χ4n) is 2.87. The lowest BCUT2D eigenvalue weighted by molar-refractivity contribution is 0.0619. The molecule has 1 aliphatic heterocycles. The van der Waals surface area contributed by atoms with Crippen LogP contribution in [0.5, 0.6) is 0 Å². The van der Waals surface area contributed by atoms with E-state index in [0.717, 1.165) is 37.7 Å². The minimum Gasteiger partial charge on any atom is -0.381 e. The van der Waals surface area contributed by atoms with Gasteiger partial charge in [-0.15, -0.1) is 0 Å². The molecule has 4 nitrogen and oxygen atoms in total. The van der Waals surface area contributed by atoms with Crippen LogP contribution < -0.4 is 5.73 Å². The highest BCUT2D eigenvalue weighted by Crippen LogP contribution is 2.22. The maximum atomic E-state index is 6.31. The summed E-state index contributed by atoms with van der Waals surface area (Å²) in [6.07, 6.45) is 4.39. The van der Waals surface area contributed by atoms with E-state index in [4.69, 9.17) is 10.5 Å². The van der Waals surface area contributed by atoms with Crippen LogP contribution in [0.4, 0.5) is 0 Å². The van der Waals surface area contributed by atoms with Gasteiger partial charge in [0, 0.05) is 32.0 Å². The Morgan fingerprint density at radius 3 is 2.61 bits per heavy atom. The van der Waals surface area contributed by atoms with Crippen molar-refractivity contribution in [2.45, 2.75) is 45.6 Å². The maximum Gasteiger partial charge on any atom is 0.0628 e. The molecule has 4 heteroatoms. The lowest BCUT2D eigenvalue weighted by atomic mass is 9.90. The molecule has 102 valence electrons. The monoisotopic (exact) mass is 251 g/mol. The number of aromatic nitrogens is 2. The third-order valence-electron chi connectivity index (χ3n) is 4.10. The van der Waals surface area contributed by atoms with Crippen LogP contribution in [0.1, 0.15) is 36.2 Å². The normalized spacial score (nSPS) is 19.1. The Morgan fingerprint density at radius 2 is 2.06 bits per heavy atom. The Balaban J connectivity index is 1.91. The molecule has 0 saturated carbocycles. The van der Waals surface area contributed by atoms with Crippen molar-refractivity contribution in [3.05, 3.63) is 17.0 Å². The van der Waals surface area contributed by atoms with Crippen molar-refractivity contribution < 1.29 is 4.74 Å². The molecule has 1 aromatic rings. The first-order valence-corrected chi connectivity index (χ1v) is 6.90. The molecule has 0 aromatic carbocycles. The standard InChI is InChI=1S/C14H25N3O/c1-10-14(11(2)17(3)16-10)9-13(15)8-12-4-6-18-7-5-12/h12-13H,4-9,15H2,1-3H3. The highest BCUT2D eigenvalue weighted by molar-refractivity contribution is 5.25. The van der Waals surface area contributed by atoms with Crippen molar-refractivity contribution in [2.75, 3.05) is 13.2 Å². The molecule has 2 heterocycles. The second kappa shape index (κ2) is 5.85. The van der Waals surface area contributed by atoms with E-state index in [-0.39, 0.29) is 6.04 Å². The molecule has 2 rings (SSSR count). The Bertz CT molecular complexity index is 394. The minimum atomic E-state index is 0.245. The van der Waals surface area contributed by atoms with Gasteiger partial charge in [-0.25, -0.2) is 0 Å². The van der Waals surface area contributed by atoms with E-state index < -0.39 is 0 Å². The molecule has 1 saturated heterocycles. The van der Waals surface area contributed by atoms with Gasteiger partial charge in [0.2, 0.25) is 0 Å². The average Bonchev–Trinajstić information content (AvgIpc) is 2.57. The summed E-state index contributed by atoms with van der Waals surface area (Å²) in [5.41, 5.74) is 10.0. The highest BCUT2D eigenvalue weighted by Gasteiger charge is 2.19. The summed E-state index contributed by atoms with van der Waals surface area (Å²) in [6, 6.07) is 0.245. The summed E-state index contributed by atoms with van der Waals surface area (Å²) in [4.78, 5) is 0. The van der Waals surface area contributed by atoms with Crippen LogP contribution in [0.15, 0.2) is 0 Å². The molecule has 18 heavy (non-hydrogen) atoms. The zero-order chi connectivity index (χ0) is 13.1. The summed E-state index contributed by atoms with van der Waals surface area (Å²) in [7, 11) is 2.00. The second-order valence-corrected chi connectivity index (χ2v) is 5.53. The van der Waals surface area contributed by atoms with E-state index in [9.17, 15) is 0 Å². The van der Waals surface area contributed by atoms with Crippen molar-refractivity contribution in [1.29, 1.82) is 0 Å². The SMILES string of the molecule is Cc1nn(C)c(C)c1CC(N)CC1CCOCC1. The van der Waals surface area contributed by atoms with Crippen LogP contribution in [0.2, 0.25) is 0 Å². The topological polar surface area (TPSA) is 53.1 Å². The number of rotatable bonds is 4. The van der Waals surface area contributed by atoms with E-state index in [1.165, 1.54) is 24.1 Å². The molecule has 0 aliphatic carbocycles. The van der Waals surface area contributed by atoms with E-state index in [0.29, 0.717) is 0 Å². The molecule has 2 N–H and O–H groups in total. The summed E-state index contributed by atoms with van der Waals surface area (Å²) in [5.74, 6) is 0.742. The predicted octanol–water partition coefficient (Wildman–Crippen LogP) is 1.72. The largest absolute Gasteiger partial charge is 0.381 e. The molecule has 1 atom stereocenters. The highest BCUT2D eigenvalue weighted by atomic mass is 16.5. The first-order chi connectivity index (χ1) is 8.58. The number of nitrogens with two attached hydrogens (primary N) is 1. The Hall–Kier alpha value is -0.870. The van der Waals surface area contributed by atoms with Gasteiger partial charge in [0.15, 0.2) is 0 Å². The van der Waals surface area contributed by atoms with E-state index in [2.05, 4.69) is 18.9 Å². The van der Waals surface area contributed by atoms with Gasteiger partial charge in [-0.1, -0.05) is 0 Å². The summed E-state index contributed by atoms with van der Waals surface area (Å²) < 4.78 is 7.34. The summed E-state index contributed by atoms with van der Waals surface area (Å²) in [5, 5.41) is 4.45. The van der Waals surface area contributed by atoms with E-state index in [1.54, 1.807) is 0 Å². The Labute approximate surface area is 110 Å². The van der Waals surface area contributed by atoms with Gasteiger partial charge in [-0.05, 0) is 51.0 Å².